The number of carbonyl (C=O) groups excluding carboxylic acids is 2. The first kappa shape index (κ1) is 10.5. The third-order valence-electron chi connectivity index (χ3n) is 2.16. The van der Waals surface area contributed by atoms with Crippen LogP contribution in [0.25, 0.3) is 0 Å². The Morgan fingerprint density at radius 2 is 2.21 bits per heavy atom. The first-order valence-corrected chi connectivity index (χ1v) is 4.28. The van der Waals surface area contributed by atoms with E-state index in [4.69, 9.17) is 5.11 Å². The van der Waals surface area contributed by atoms with Gasteiger partial charge >= 0.3 is 11.9 Å². The third-order valence-corrected chi connectivity index (χ3v) is 2.16. The zero-order valence-corrected chi connectivity index (χ0v) is 7.82. The number of nitrogens with zero attached hydrogens (tertiary/aromatic N) is 1. The summed E-state index contributed by atoms with van der Waals surface area (Å²) in [6.07, 6.45) is 0.850. The molecule has 0 bridgehead atoms. The maximum Gasteiger partial charge on any atom is 0.394 e. The van der Waals surface area contributed by atoms with Crippen LogP contribution in [-0.4, -0.2) is 47.4 Å². The van der Waals surface area contributed by atoms with Gasteiger partial charge in [-0.2, -0.15) is 0 Å². The summed E-state index contributed by atoms with van der Waals surface area (Å²) in [6, 6.07) is -0.249. The second kappa shape index (κ2) is 4.08. The van der Waals surface area contributed by atoms with Crippen LogP contribution in [0, 0.1) is 0 Å². The molecule has 2 N–H and O–H groups in total. The van der Waals surface area contributed by atoms with Crippen molar-refractivity contribution in [1.29, 1.82) is 0 Å². The first-order valence-electron chi connectivity index (χ1n) is 4.28. The van der Waals surface area contributed by atoms with Gasteiger partial charge in [-0.1, -0.05) is 0 Å². The Kier molecular flexibility index (Phi) is 3.06. The predicted molar refractivity (Wildman–Crippen MR) is 46.4 cm³/mol. The molecule has 0 aromatic heterocycles. The van der Waals surface area contributed by atoms with Gasteiger partial charge in [0.25, 0.3) is 0 Å². The van der Waals surface area contributed by atoms with Crippen LogP contribution in [-0.2, 0) is 14.4 Å². The number of carboxylic acid groups (broad SMARTS) is 1. The lowest BCUT2D eigenvalue weighted by Gasteiger charge is -2.29. The van der Waals surface area contributed by atoms with Crippen molar-refractivity contribution in [2.24, 2.45) is 0 Å². The summed E-state index contributed by atoms with van der Waals surface area (Å²) < 4.78 is 0. The van der Waals surface area contributed by atoms with Crippen molar-refractivity contribution in [2.45, 2.75) is 18.9 Å². The monoisotopic (exact) mass is 200 g/mol. The molecule has 0 aromatic carbocycles. The molecule has 1 heterocycles. The van der Waals surface area contributed by atoms with E-state index in [1.807, 2.05) is 0 Å². The number of rotatable bonds is 1. The minimum Gasteiger partial charge on any atom is -0.474 e. The molecule has 1 rings (SSSR count). The molecule has 14 heavy (non-hydrogen) atoms. The number of likely N-dealkylation sites (tertiary alicyclic amines) is 1. The van der Waals surface area contributed by atoms with Gasteiger partial charge in [0.1, 0.15) is 0 Å². The van der Waals surface area contributed by atoms with E-state index in [-0.39, 0.29) is 11.9 Å². The molecule has 0 aromatic rings. The van der Waals surface area contributed by atoms with Crippen LogP contribution in [0.1, 0.15) is 12.8 Å². The van der Waals surface area contributed by atoms with Crippen LogP contribution < -0.4 is 5.32 Å². The molecule has 1 atom stereocenters. The van der Waals surface area contributed by atoms with Crippen LogP contribution >= 0.6 is 0 Å². The third kappa shape index (κ3) is 2.45. The number of piperidine rings is 1. The van der Waals surface area contributed by atoms with E-state index in [0.717, 1.165) is 0 Å². The van der Waals surface area contributed by atoms with Crippen molar-refractivity contribution in [3.8, 4) is 0 Å². The quantitative estimate of drug-likeness (QED) is 0.521. The zero-order chi connectivity index (χ0) is 10.7. The molecule has 0 aliphatic carbocycles. The van der Waals surface area contributed by atoms with E-state index in [2.05, 4.69) is 5.32 Å². The molecule has 1 aliphatic rings. The molecular formula is C8H12N2O4. The van der Waals surface area contributed by atoms with E-state index in [1.54, 1.807) is 7.05 Å². The SMILES string of the molecule is CN1CC(NC(=O)C(=O)O)CCC1=O. The van der Waals surface area contributed by atoms with E-state index >= 15 is 0 Å². The predicted octanol–water partition coefficient (Wildman–Crippen LogP) is -1.19. The molecule has 2 amide bonds. The average molecular weight is 200 g/mol. The normalized spacial score (nSPS) is 21.9. The molecule has 1 unspecified atom stereocenters. The number of aliphatic carboxylic acids is 1. The summed E-state index contributed by atoms with van der Waals surface area (Å²) in [4.78, 5) is 33.6. The van der Waals surface area contributed by atoms with Crippen molar-refractivity contribution in [1.82, 2.24) is 10.2 Å². The van der Waals surface area contributed by atoms with Gasteiger partial charge in [-0.3, -0.25) is 9.59 Å². The summed E-state index contributed by atoms with van der Waals surface area (Å²) in [6.45, 7) is 0.373. The Balaban J connectivity index is 2.44. The number of carbonyl (C=O) groups is 3. The molecule has 0 radical (unpaired) electrons. The van der Waals surface area contributed by atoms with E-state index in [1.165, 1.54) is 4.90 Å². The highest BCUT2D eigenvalue weighted by atomic mass is 16.4. The van der Waals surface area contributed by atoms with Crippen LogP contribution in [0.2, 0.25) is 0 Å². The highest BCUT2D eigenvalue weighted by Crippen LogP contribution is 2.09. The van der Waals surface area contributed by atoms with E-state index in [0.29, 0.717) is 19.4 Å². The molecular weight excluding hydrogens is 188 g/mol. The van der Waals surface area contributed by atoms with Gasteiger partial charge < -0.3 is 15.3 Å². The highest BCUT2D eigenvalue weighted by molar-refractivity contribution is 6.31. The molecule has 1 fully saturated rings. The summed E-state index contributed by atoms with van der Waals surface area (Å²) in [5, 5.41) is 10.7. The highest BCUT2D eigenvalue weighted by Gasteiger charge is 2.25. The van der Waals surface area contributed by atoms with Gasteiger partial charge in [-0.05, 0) is 6.42 Å². The van der Waals surface area contributed by atoms with Gasteiger partial charge in [0.15, 0.2) is 0 Å². The Morgan fingerprint density at radius 1 is 1.57 bits per heavy atom. The molecule has 6 nitrogen and oxygen atoms in total. The van der Waals surface area contributed by atoms with Crippen molar-refractivity contribution >= 4 is 17.8 Å². The maximum absolute atomic E-state index is 11.1. The van der Waals surface area contributed by atoms with Gasteiger partial charge in [0, 0.05) is 26.1 Å². The van der Waals surface area contributed by atoms with Crippen LogP contribution in [0.3, 0.4) is 0 Å². The van der Waals surface area contributed by atoms with Gasteiger partial charge in [0.2, 0.25) is 5.91 Å². The smallest absolute Gasteiger partial charge is 0.394 e. The Labute approximate surface area is 80.9 Å². The second-order valence-electron chi connectivity index (χ2n) is 3.29. The van der Waals surface area contributed by atoms with Crippen LogP contribution in [0.5, 0.6) is 0 Å². The number of amides is 2. The number of likely N-dealkylation sites (N-methyl/N-ethyl adjacent to an activating group) is 1. The van der Waals surface area contributed by atoms with Crippen molar-refractivity contribution in [2.75, 3.05) is 13.6 Å². The van der Waals surface area contributed by atoms with E-state index < -0.39 is 11.9 Å². The standard InChI is InChI=1S/C8H12N2O4/c1-10-4-5(2-3-6(10)11)9-7(12)8(13)14/h5H,2-4H2,1H3,(H,9,12)(H,13,14). The fraction of sp³-hybridized carbons (Fsp3) is 0.625. The number of hydrogen-bond donors (Lipinski definition) is 2. The summed E-state index contributed by atoms with van der Waals surface area (Å²) >= 11 is 0. The number of hydrogen-bond acceptors (Lipinski definition) is 3. The minimum absolute atomic E-state index is 0.0193. The maximum atomic E-state index is 11.1. The van der Waals surface area contributed by atoms with Crippen molar-refractivity contribution in [3.05, 3.63) is 0 Å². The number of nitrogens with one attached hydrogen (secondary N) is 1. The molecule has 0 spiro atoms. The Hall–Kier alpha value is -1.59. The number of carboxylic acids is 1. The summed E-state index contributed by atoms with van der Waals surface area (Å²) in [5.74, 6) is -2.49. The topological polar surface area (TPSA) is 86.7 Å². The fourth-order valence-corrected chi connectivity index (χ4v) is 1.38. The van der Waals surface area contributed by atoms with Crippen LogP contribution in [0.15, 0.2) is 0 Å². The summed E-state index contributed by atoms with van der Waals surface area (Å²) in [7, 11) is 1.63. The average Bonchev–Trinajstić information content (AvgIpc) is 2.11. The van der Waals surface area contributed by atoms with E-state index in [9.17, 15) is 14.4 Å². The minimum atomic E-state index is -1.50. The molecule has 0 saturated carbocycles. The van der Waals surface area contributed by atoms with Crippen molar-refractivity contribution < 1.29 is 19.5 Å². The van der Waals surface area contributed by atoms with Gasteiger partial charge in [0.05, 0.1) is 0 Å². The zero-order valence-electron chi connectivity index (χ0n) is 7.82. The Bertz CT molecular complexity index is 277. The van der Waals surface area contributed by atoms with Crippen LogP contribution in [0.4, 0.5) is 0 Å². The largest absolute Gasteiger partial charge is 0.474 e. The van der Waals surface area contributed by atoms with Gasteiger partial charge in [-0.15, -0.1) is 0 Å². The molecule has 1 saturated heterocycles. The Morgan fingerprint density at radius 3 is 2.71 bits per heavy atom. The van der Waals surface area contributed by atoms with Crippen molar-refractivity contribution in [3.63, 3.8) is 0 Å². The lowest BCUT2D eigenvalue weighted by atomic mass is 10.1. The van der Waals surface area contributed by atoms with Gasteiger partial charge in [-0.25, -0.2) is 4.79 Å². The summed E-state index contributed by atoms with van der Waals surface area (Å²) in [5.41, 5.74) is 0. The molecule has 1 aliphatic heterocycles. The molecule has 78 valence electrons. The lowest BCUT2D eigenvalue weighted by Crippen LogP contribution is -2.49. The first-order chi connectivity index (χ1) is 6.50. The second-order valence-corrected chi connectivity index (χ2v) is 3.29. The molecule has 6 heteroatoms. The lowest BCUT2D eigenvalue weighted by molar-refractivity contribution is -0.150. The fourth-order valence-electron chi connectivity index (χ4n) is 1.38.